The van der Waals surface area contributed by atoms with E-state index in [1.54, 1.807) is 32.3 Å². The molecule has 6 heteroatoms. The molecule has 0 spiro atoms. The number of nitrogens with one attached hydrogen (secondary N) is 1. The van der Waals surface area contributed by atoms with Crippen molar-refractivity contribution >= 4 is 40.4 Å². The summed E-state index contributed by atoms with van der Waals surface area (Å²) in [6.45, 7) is 0.319. The van der Waals surface area contributed by atoms with Crippen LogP contribution in [-0.4, -0.2) is 37.4 Å². The second-order valence-electron chi connectivity index (χ2n) is 3.96. The molecule has 0 heterocycles. The van der Waals surface area contributed by atoms with Crippen molar-refractivity contribution in [3.8, 4) is 0 Å². The molecule has 1 aromatic rings. The summed E-state index contributed by atoms with van der Waals surface area (Å²) in [5.41, 5.74) is 0.514. The highest BCUT2D eigenvalue weighted by Crippen LogP contribution is 2.20. The number of hydrogen-bond donors (Lipinski definition) is 2. The maximum Gasteiger partial charge on any atom is 0.252 e. The predicted octanol–water partition coefficient (Wildman–Crippen LogP) is 1.95. The molecular formula is C12H15BrN2O2S. The van der Waals surface area contributed by atoms with Gasteiger partial charge in [-0.15, -0.1) is 12.6 Å². The largest absolute Gasteiger partial charge is 0.351 e. The van der Waals surface area contributed by atoms with Crippen molar-refractivity contribution in [2.75, 3.05) is 20.6 Å². The molecule has 0 aromatic heterocycles. The zero-order chi connectivity index (χ0) is 13.7. The molecule has 98 valence electrons. The minimum atomic E-state index is -0.218. The van der Waals surface area contributed by atoms with E-state index >= 15 is 0 Å². The van der Waals surface area contributed by atoms with E-state index in [-0.39, 0.29) is 18.2 Å². The molecule has 2 amide bonds. The molecular weight excluding hydrogens is 316 g/mol. The quantitative estimate of drug-likeness (QED) is 0.829. The number of nitrogens with zero attached hydrogens (tertiary/aromatic N) is 1. The van der Waals surface area contributed by atoms with Crippen LogP contribution in [0.15, 0.2) is 27.6 Å². The van der Waals surface area contributed by atoms with Crippen molar-refractivity contribution in [1.29, 1.82) is 0 Å². The Morgan fingerprint density at radius 1 is 1.39 bits per heavy atom. The summed E-state index contributed by atoms with van der Waals surface area (Å²) in [6.07, 6.45) is 0.289. The molecule has 0 aliphatic carbocycles. The van der Waals surface area contributed by atoms with Crippen molar-refractivity contribution in [1.82, 2.24) is 10.2 Å². The summed E-state index contributed by atoms with van der Waals surface area (Å²) < 4.78 is 0.705. The van der Waals surface area contributed by atoms with Gasteiger partial charge in [-0.25, -0.2) is 0 Å². The van der Waals surface area contributed by atoms with Crippen LogP contribution in [0.5, 0.6) is 0 Å². The first kappa shape index (κ1) is 15.0. The van der Waals surface area contributed by atoms with E-state index in [0.29, 0.717) is 21.5 Å². The topological polar surface area (TPSA) is 49.4 Å². The van der Waals surface area contributed by atoms with Gasteiger partial charge in [0.1, 0.15) is 0 Å². The molecule has 1 N–H and O–H groups in total. The number of rotatable bonds is 4. The van der Waals surface area contributed by atoms with Crippen LogP contribution < -0.4 is 5.32 Å². The zero-order valence-electron chi connectivity index (χ0n) is 10.2. The van der Waals surface area contributed by atoms with Gasteiger partial charge in [-0.2, -0.15) is 0 Å². The summed E-state index contributed by atoms with van der Waals surface area (Å²) in [5, 5.41) is 2.70. The van der Waals surface area contributed by atoms with Gasteiger partial charge in [0.25, 0.3) is 5.91 Å². The fraction of sp³-hybridized carbons (Fsp3) is 0.333. The van der Waals surface area contributed by atoms with Gasteiger partial charge in [0.2, 0.25) is 5.91 Å². The van der Waals surface area contributed by atoms with Gasteiger partial charge in [-0.3, -0.25) is 9.59 Å². The second-order valence-corrected chi connectivity index (χ2v) is 5.33. The second kappa shape index (κ2) is 6.80. The van der Waals surface area contributed by atoms with Crippen molar-refractivity contribution < 1.29 is 9.59 Å². The zero-order valence-corrected chi connectivity index (χ0v) is 12.7. The van der Waals surface area contributed by atoms with E-state index in [9.17, 15) is 9.59 Å². The third-order valence-corrected chi connectivity index (χ3v) is 3.29. The molecule has 0 unspecified atom stereocenters. The monoisotopic (exact) mass is 330 g/mol. The molecule has 0 saturated heterocycles. The molecule has 0 aliphatic rings. The summed E-state index contributed by atoms with van der Waals surface area (Å²) >= 11 is 7.49. The van der Waals surface area contributed by atoms with Crippen LogP contribution in [0, 0.1) is 0 Å². The SMILES string of the molecule is CN(C)C(=O)CCNC(=O)c1cc(S)ccc1Br. The van der Waals surface area contributed by atoms with Crippen LogP contribution in [0.4, 0.5) is 0 Å². The highest BCUT2D eigenvalue weighted by molar-refractivity contribution is 9.10. The molecule has 0 aliphatic heterocycles. The minimum Gasteiger partial charge on any atom is -0.351 e. The third kappa shape index (κ3) is 4.34. The number of carbonyl (C=O) groups excluding carboxylic acids is 2. The summed E-state index contributed by atoms with van der Waals surface area (Å²) in [4.78, 5) is 25.4. The average molecular weight is 331 g/mol. The Morgan fingerprint density at radius 2 is 2.06 bits per heavy atom. The maximum atomic E-state index is 11.9. The summed E-state index contributed by atoms with van der Waals surface area (Å²) in [6, 6.07) is 5.23. The van der Waals surface area contributed by atoms with Crippen LogP contribution in [0.25, 0.3) is 0 Å². The fourth-order valence-electron chi connectivity index (χ4n) is 1.29. The first-order chi connectivity index (χ1) is 8.41. The first-order valence-electron chi connectivity index (χ1n) is 5.38. The Morgan fingerprint density at radius 3 is 2.67 bits per heavy atom. The smallest absolute Gasteiger partial charge is 0.252 e. The molecule has 0 atom stereocenters. The van der Waals surface area contributed by atoms with E-state index in [0.717, 1.165) is 0 Å². The molecule has 0 radical (unpaired) electrons. The predicted molar refractivity (Wildman–Crippen MR) is 77.0 cm³/mol. The molecule has 0 saturated carbocycles. The normalized spacial score (nSPS) is 10.0. The first-order valence-corrected chi connectivity index (χ1v) is 6.62. The van der Waals surface area contributed by atoms with Gasteiger partial charge < -0.3 is 10.2 Å². The Balaban J connectivity index is 2.56. The minimum absolute atomic E-state index is 0.0164. The molecule has 1 aromatic carbocycles. The maximum absolute atomic E-state index is 11.9. The molecule has 18 heavy (non-hydrogen) atoms. The summed E-state index contributed by atoms with van der Waals surface area (Å²) in [5.74, 6) is -0.235. The fourth-order valence-corrected chi connectivity index (χ4v) is 1.92. The van der Waals surface area contributed by atoms with Crippen molar-refractivity contribution in [3.63, 3.8) is 0 Å². The lowest BCUT2D eigenvalue weighted by molar-refractivity contribution is -0.128. The Bertz CT molecular complexity index is 463. The highest BCUT2D eigenvalue weighted by Gasteiger charge is 2.11. The number of halogens is 1. The van der Waals surface area contributed by atoms with Crippen LogP contribution in [0.1, 0.15) is 16.8 Å². The van der Waals surface area contributed by atoms with Crippen molar-refractivity contribution in [2.24, 2.45) is 0 Å². The Hall–Kier alpha value is -1.01. The number of hydrogen-bond acceptors (Lipinski definition) is 3. The third-order valence-electron chi connectivity index (χ3n) is 2.32. The molecule has 4 nitrogen and oxygen atoms in total. The number of benzene rings is 1. The van der Waals surface area contributed by atoms with E-state index < -0.39 is 0 Å². The van der Waals surface area contributed by atoms with Crippen LogP contribution >= 0.6 is 28.6 Å². The molecule has 0 bridgehead atoms. The van der Waals surface area contributed by atoms with Gasteiger partial charge in [0.05, 0.1) is 5.56 Å². The number of amides is 2. The average Bonchev–Trinajstić information content (AvgIpc) is 2.31. The van der Waals surface area contributed by atoms with Crippen LogP contribution in [0.2, 0.25) is 0 Å². The number of thiol groups is 1. The summed E-state index contributed by atoms with van der Waals surface area (Å²) in [7, 11) is 3.37. The van der Waals surface area contributed by atoms with E-state index in [2.05, 4.69) is 33.9 Å². The van der Waals surface area contributed by atoms with E-state index in [4.69, 9.17) is 0 Å². The Labute approximate surface area is 120 Å². The van der Waals surface area contributed by atoms with E-state index in [1.165, 1.54) is 4.90 Å². The standard InChI is InChI=1S/C12H15BrN2O2S/c1-15(2)11(16)5-6-14-12(17)9-7-8(18)3-4-10(9)13/h3-4,7,18H,5-6H2,1-2H3,(H,14,17). The lowest BCUT2D eigenvalue weighted by atomic mass is 10.2. The lowest BCUT2D eigenvalue weighted by Gasteiger charge is -2.11. The van der Waals surface area contributed by atoms with Crippen molar-refractivity contribution in [3.05, 3.63) is 28.2 Å². The van der Waals surface area contributed by atoms with Crippen LogP contribution in [-0.2, 0) is 4.79 Å². The highest BCUT2D eigenvalue weighted by atomic mass is 79.9. The van der Waals surface area contributed by atoms with Gasteiger partial charge in [0.15, 0.2) is 0 Å². The van der Waals surface area contributed by atoms with Gasteiger partial charge >= 0.3 is 0 Å². The Kier molecular flexibility index (Phi) is 5.68. The number of carbonyl (C=O) groups is 2. The van der Waals surface area contributed by atoms with Gasteiger partial charge in [-0.1, -0.05) is 0 Å². The molecule has 1 rings (SSSR count). The molecule has 0 fully saturated rings. The van der Waals surface area contributed by atoms with Gasteiger partial charge in [0, 0.05) is 36.4 Å². The van der Waals surface area contributed by atoms with Gasteiger partial charge in [-0.05, 0) is 34.1 Å². The lowest BCUT2D eigenvalue weighted by Crippen LogP contribution is -2.30. The van der Waals surface area contributed by atoms with Crippen LogP contribution in [0.3, 0.4) is 0 Å². The van der Waals surface area contributed by atoms with E-state index in [1.807, 2.05) is 0 Å². The van der Waals surface area contributed by atoms with Crippen molar-refractivity contribution in [2.45, 2.75) is 11.3 Å².